The molecule has 0 amide bonds. The Hall–Kier alpha value is -1.33. The maximum atomic E-state index is 11.8. The molecule has 0 aliphatic carbocycles. The monoisotopic (exact) mass is 323 g/mol. The lowest BCUT2D eigenvalue weighted by Gasteiger charge is -2.15. The van der Waals surface area contributed by atoms with Crippen LogP contribution in [0.5, 0.6) is 0 Å². The van der Waals surface area contributed by atoms with Crippen LogP contribution in [0.2, 0.25) is 0 Å². The van der Waals surface area contributed by atoms with E-state index in [2.05, 4.69) is 38.2 Å². The van der Waals surface area contributed by atoms with Gasteiger partial charge in [-0.15, -0.1) is 11.3 Å². The van der Waals surface area contributed by atoms with Gasteiger partial charge in [0.25, 0.3) is 0 Å². The van der Waals surface area contributed by atoms with Gasteiger partial charge in [-0.05, 0) is 29.7 Å². The minimum Gasteiger partial charge on any atom is -0.379 e. The fourth-order valence-electron chi connectivity index (χ4n) is 1.99. The Morgan fingerprint density at radius 2 is 1.76 bits per heavy atom. The molecule has 114 valence electrons. The molecular weight excluding hydrogens is 302 g/mol. The Bertz CT molecular complexity index is 725. The van der Waals surface area contributed by atoms with Gasteiger partial charge >= 0.3 is 0 Å². The van der Waals surface area contributed by atoms with Gasteiger partial charge in [0.1, 0.15) is 0 Å². The van der Waals surface area contributed by atoms with Crippen LogP contribution in [-0.2, 0) is 21.8 Å². The topological polar surface area (TPSA) is 46.2 Å². The highest BCUT2D eigenvalue weighted by Crippen LogP contribution is 2.30. The number of thiophene rings is 1. The van der Waals surface area contributed by atoms with E-state index in [1.54, 1.807) is 29.5 Å². The zero-order valence-corrected chi connectivity index (χ0v) is 14.4. The van der Waals surface area contributed by atoms with Crippen LogP contribution < -0.4 is 5.32 Å². The van der Waals surface area contributed by atoms with Crippen LogP contribution in [0.25, 0.3) is 0 Å². The smallest absolute Gasteiger partial charge is 0.177 e. The third-order valence-electron chi connectivity index (χ3n) is 3.14. The Kier molecular flexibility index (Phi) is 4.44. The number of hydrogen-bond donors (Lipinski definition) is 1. The molecule has 1 N–H and O–H groups in total. The summed E-state index contributed by atoms with van der Waals surface area (Å²) < 4.78 is 23.5. The summed E-state index contributed by atoms with van der Waals surface area (Å²) in [7, 11) is -3.21. The molecule has 0 saturated heterocycles. The molecule has 0 saturated carbocycles. The van der Waals surface area contributed by atoms with Gasteiger partial charge in [0.15, 0.2) is 9.84 Å². The summed E-state index contributed by atoms with van der Waals surface area (Å²) in [5.41, 5.74) is 0.804. The molecule has 5 heteroatoms. The Morgan fingerprint density at radius 3 is 2.33 bits per heavy atom. The molecule has 2 rings (SSSR count). The van der Waals surface area contributed by atoms with Crippen molar-refractivity contribution < 1.29 is 8.42 Å². The lowest BCUT2D eigenvalue weighted by molar-refractivity contribution is 0.602. The molecule has 0 radical (unpaired) electrons. The molecule has 1 aromatic heterocycles. The molecule has 0 atom stereocenters. The first-order valence-electron chi connectivity index (χ1n) is 6.80. The lowest BCUT2D eigenvalue weighted by atomic mass is 9.95. The number of hydrogen-bond acceptors (Lipinski definition) is 4. The summed E-state index contributed by atoms with van der Waals surface area (Å²) >= 11 is 1.76. The number of para-hydroxylation sites is 1. The summed E-state index contributed by atoms with van der Waals surface area (Å²) in [5.74, 6) is 0. The molecule has 0 spiro atoms. The van der Waals surface area contributed by atoms with E-state index in [0.29, 0.717) is 17.1 Å². The highest BCUT2D eigenvalue weighted by atomic mass is 32.2. The van der Waals surface area contributed by atoms with Gasteiger partial charge in [-0.25, -0.2) is 8.42 Å². The van der Waals surface area contributed by atoms with Crippen molar-refractivity contribution in [2.45, 2.75) is 37.6 Å². The van der Waals surface area contributed by atoms with Crippen LogP contribution in [0.4, 0.5) is 5.69 Å². The Morgan fingerprint density at radius 1 is 1.10 bits per heavy atom. The van der Waals surface area contributed by atoms with Gasteiger partial charge in [-0.3, -0.25) is 0 Å². The Balaban J connectivity index is 2.16. The van der Waals surface area contributed by atoms with Crippen molar-refractivity contribution in [3.63, 3.8) is 0 Å². The van der Waals surface area contributed by atoms with E-state index in [-0.39, 0.29) is 5.41 Å². The molecule has 0 bridgehead atoms. The predicted molar refractivity (Wildman–Crippen MR) is 89.9 cm³/mol. The van der Waals surface area contributed by atoms with Crippen LogP contribution in [0, 0.1) is 0 Å². The maximum absolute atomic E-state index is 11.8. The minimum absolute atomic E-state index is 0.146. The average Bonchev–Trinajstić information content (AvgIpc) is 2.84. The first-order chi connectivity index (χ1) is 9.68. The summed E-state index contributed by atoms with van der Waals surface area (Å²) in [4.78, 5) is 2.87. The standard InChI is InChI=1S/C16H21NO2S2/c1-16(2,3)15-10-9-12(20-15)11-17-13-7-5-6-8-14(13)21(4,18)19/h5-10,17H,11H2,1-4H3. The number of rotatable bonds is 4. The third kappa shape index (κ3) is 4.08. The number of benzene rings is 1. The van der Waals surface area contributed by atoms with E-state index in [0.717, 1.165) is 0 Å². The van der Waals surface area contributed by atoms with Gasteiger partial charge in [0.05, 0.1) is 10.6 Å². The van der Waals surface area contributed by atoms with Crippen molar-refractivity contribution in [1.82, 2.24) is 0 Å². The van der Waals surface area contributed by atoms with Crippen molar-refractivity contribution in [2.75, 3.05) is 11.6 Å². The predicted octanol–water partition coefficient (Wildman–Crippen LogP) is 4.06. The third-order valence-corrected chi connectivity index (χ3v) is 5.81. The van der Waals surface area contributed by atoms with Gasteiger partial charge in [0.2, 0.25) is 0 Å². The molecule has 3 nitrogen and oxygen atoms in total. The van der Waals surface area contributed by atoms with E-state index in [4.69, 9.17) is 0 Å². The van der Waals surface area contributed by atoms with Crippen molar-refractivity contribution in [3.05, 3.63) is 46.2 Å². The summed E-state index contributed by atoms with van der Waals surface area (Å²) in [6.45, 7) is 7.20. The normalized spacial score (nSPS) is 12.4. The van der Waals surface area contributed by atoms with Crippen molar-refractivity contribution >= 4 is 26.9 Å². The first kappa shape index (κ1) is 16.0. The number of nitrogens with one attached hydrogen (secondary N) is 1. The van der Waals surface area contributed by atoms with Crippen LogP contribution in [0.15, 0.2) is 41.3 Å². The molecule has 1 aromatic carbocycles. The highest BCUT2D eigenvalue weighted by Gasteiger charge is 2.16. The van der Waals surface area contributed by atoms with E-state index in [9.17, 15) is 8.42 Å². The first-order valence-corrected chi connectivity index (χ1v) is 9.51. The fraction of sp³-hybridized carbons (Fsp3) is 0.375. The molecule has 0 aliphatic rings. The van der Waals surface area contributed by atoms with Crippen molar-refractivity contribution in [3.8, 4) is 0 Å². The van der Waals surface area contributed by atoms with E-state index >= 15 is 0 Å². The van der Waals surface area contributed by atoms with Crippen LogP contribution in [0.3, 0.4) is 0 Å². The van der Waals surface area contributed by atoms with Gasteiger partial charge in [-0.1, -0.05) is 32.9 Å². The van der Waals surface area contributed by atoms with Crippen molar-refractivity contribution in [1.29, 1.82) is 0 Å². The van der Waals surface area contributed by atoms with Gasteiger partial charge < -0.3 is 5.32 Å². The fourth-order valence-corrected chi connectivity index (χ4v) is 3.86. The molecule has 0 unspecified atom stereocenters. The second-order valence-corrected chi connectivity index (χ2v) is 9.29. The lowest BCUT2D eigenvalue weighted by Crippen LogP contribution is -2.08. The molecular formula is C16H21NO2S2. The van der Waals surface area contributed by atoms with E-state index in [1.807, 2.05) is 6.07 Å². The van der Waals surface area contributed by atoms with E-state index < -0.39 is 9.84 Å². The summed E-state index contributed by atoms with van der Waals surface area (Å²) in [6, 6.07) is 11.3. The van der Waals surface area contributed by atoms with Gasteiger partial charge in [0, 0.05) is 22.6 Å². The number of sulfone groups is 1. The van der Waals surface area contributed by atoms with Crippen molar-refractivity contribution in [2.24, 2.45) is 0 Å². The second kappa shape index (κ2) is 5.81. The second-order valence-electron chi connectivity index (χ2n) is 6.14. The zero-order chi connectivity index (χ0) is 15.7. The Labute approximate surface area is 130 Å². The average molecular weight is 323 g/mol. The van der Waals surface area contributed by atoms with E-state index in [1.165, 1.54) is 16.0 Å². The highest BCUT2D eigenvalue weighted by molar-refractivity contribution is 7.90. The SMILES string of the molecule is CC(C)(C)c1ccc(CNc2ccccc2S(C)(=O)=O)s1. The van der Waals surface area contributed by atoms with Crippen LogP contribution in [-0.4, -0.2) is 14.7 Å². The zero-order valence-electron chi connectivity index (χ0n) is 12.8. The largest absolute Gasteiger partial charge is 0.379 e. The summed E-state index contributed by atoms with van der Waals surface area (Å²) in [5, 5.41) is 3.23. The molecule has 0 fully saturated rings. The molecule has 21 heavy (non-hydrogen) atoms. The maximum Gasteiger partial charge on any atom is 0.177 e. The molecule has 2 aromatic rings. The van der Waals surface area contributed by atoms with Crippen LogP contribution in [0.1, 0.15) is 30.5 Å². The molecule has 0 aliphatic heterocycles. The number of anilines is 1. The van der Waals surface area contributed by atoms with Gasteiger partial charge in [-0.2, -0.15) is 0 Å². The summed E-state index contributed by atoms with van der Waals surface area (Å²) in [6.07, 6.45) is 1.23. The quantitative estimate of drug-likeness (QED) is 0.923. The minimum atomic E-state index is -3.21. The van der Waals surface area contributed by atoms with Crippen LogP contribution >= 0.6 is 11.3 Å². The molecule has 1 heterocycles.